The molecule has 1 aromatic heterocycles. The minimum Gasteiger partial charge on any atom is -0.339 e. The molecular formula is C18H20FN5O. The summed E-state index contributed by atoms with van der Waals surface area (Å²) >= 11 is 0. The zero-order valence-corrected chi connectivity index (χ0v) is 14.1. The molecule has 6 nitrogen and oxygen atoms in total. The van der Waals surface area contributed by atoms with E-state index in [0.29, 0.717) is 17.1 Å². The highest BCUT2D eigenvalue weighted by molar-refractivity contribution is 5.96. The second-order valence-electron chi connectivity index (χ2n) is 6.50. The zero-order valence-electron chi connectivity index (χ0n) is 14.1. The Balaban J connectivity index is 1.80. The zero-order chi connectivity index (χ0) is 17.4. The lowest BCUT2D eigenvalue weighted by molar-refractivity contribution is -0.128. The fourth-order valence-corrected chi connectivity index (χ4v) is 3.62. The number of anilines is 1. The third-order valence-electron chi connectivity index (χ3n) is 4.83. The van der Waals surface area contributed by atoms with Crippen LogP contribution in [0.4, 0.5) is 10.3 Å². The number of piperidine rings is 1. The standard InChI is InChI=1S/C18H20FN5O/c1-12-15(17(25)23-8-3-2-4-9-23)16(13-6-5-7-14(19)10-13)24-18(22-12)20-11-21-24/h5-7,10-11,16H,2-4,8-9H2,1H3,(H,20,21,22). The summed E-state index contributed by atoms with van der Waals surface area (Å²) in [5.41, 5.74) is 2.03. The van der Waals surface area contributed by atoms with E-state index < -0.39 is 6.04 Å². The second-order valence-corrected chi connectivity index (χ2v) is 6.50. The van der Waals surface area contributed by atoms with Gasteiger partial charge in [0.1, 0.15) is 18.2 Å². The van der Waals surface area contributed by atoms with Crippen molar-refractivity contribution in [2.45, 2.75) is 32.2 Å². The Morgan fingerprint density at radius 2 is 2.08 bits per heavy atom. The van der Waals surface area contributed by atoms with Crippen molar-refractivity contribution in [1.82, 2.24) is 19.7 Å². The van der Waals surface area contributed by atoms with Crippen LogP contribution in [0.25, 0.3) is 0 Å². The summed E-state index contributed by atoms with van der Waals surface area (Å²) in [6, 6.07) is 5.85. The number of aromatic nitrogens is 3. The normalized spacial score (nSPS) is 20.2. The molecule has 1 aromatic carbocycles. The van der Waals surface area contributed by atoms with Crippen LogP contribution in [0.5, 0.6) is 0 Å². The van der Waals surface area contributed by atoms with Gasteiger partial charge >= 0.3 is 0 Å². The Labute approximate surface area is 145 Å². The van der Waals surface area contributed by atoms with E-state index in [1.807, 2.05) is 17.9 Å². The number of amides is 1. The van der Waals surface area contributed by atoms with Gasteiger partial charge in [0.25, 0.3) is 5.91 Å². The number of fused-ring (bicyclic) bond motifs is 1. The molecule has 0 aliphatic carbocycles. The summed E-state index contributed by atoms with van der Waals surface area (Å²) < 4.78 is 15.5. The van der Waals surface area contributed by atoms with Gasteiger partial charge < -0.3 is 10.2 Å². The monoisotopic (exact) mass is 341 g/mol. The Morgan fingerprint density at radius 3 is 2.84 bits per heavy atom. The molecule has 25 heavy (non-hydrogen) atoms. The number of hydrogen-bond donors (Lipinski definition) is 1. The van der Waals surface area contributed by atoms with Gasteiger partial charge in [-0.2, -0.15) is 10.1 Å². The van der Waals surface area contributed by atoms with Gasteiger partial charge in [0.05, 0.1) is 5.57 Å². The molecule has 4 rings (SSSR count). The maximum atomic E-state index is 13.8. The van der Waals surface area contributed by atoms with Gasteiger partial charge in [0.15, 0.2) is 0 Å². The lowest BCUT2D eigenvalue weighted by Gasteiger charge is -2.34. The van der Waals surface area contributed by atoms with Crippen LogP contribution in [0.2, 0.25) is 0 Å². The number of likely N-dealkylation sites (tertiary alicyclic amines) is 1. The summed E-state index contributed by atoms with van der Waals surface area (Å²) in [6.45, 7) is 3.38. The molecule has 1 saturated heterocycles. The number of halogens is 1. The molecule has 2 aliphatic heterocycles. The minimum atomic E-state index is -0.483. The van der Waals surface area contributed by atoms with Crippen LogP contribution < -0.4 is 5.32 Å². The predicted molar refractivity (Wildman–Crippen MR) is 91.3 cm³/mol. The van der Waals surface area contributed by atoms with Gasteiger partial charge in [-0.3, -0.25) is 4.79 Å². The van der Waals surface area contributed by atoms with Gasteiger partial charge in [-0.1, -0.05) is 12.1 Å². The first-order chi connectivity index (χ1) is 12.1. The quantitative estimate of drug-likeness (QED) is 0.912. The van der Waals surface area contributed by atoms with Crippen LogP contribution in [-0.4, -0.2) is 38.7 Å². The third kappa shape index (κ3) is 2.79. The van der Waals surface area contributed by atoms with Crippen LogP contribution >= 0.6 is 0 Å². The molecule has 3 heterocycles. The molecular weight excluding hydrogens is 321 g/mol. The first-order valence-corrected chi connectivity index (χ1v) is 8.57. The van der Waals surface area contributed by atoms with E-state index in [0.717, 1.165) is 38.0 Å². The second kappa shape index (κ2) is 6.31. The molecule has 1 fully saturated rings. The van der Waals surface area contributed by atoms with Crippen LogP contribution in [0.3, 0.4) is 0 Å². The van der Waals surface area contributed by atoms with Crippen molar-refractivity contribution in [3.05, 3.63) is 53.2 Å². The molecule has 130 valence electrons. The summed E-state index contributed by atoms with van der Waals surface area (Å²) in [6.07, 6.45) is 4.63. The lowest BCUT2D eigenvalue weighted by atomic mass is 9.94. The first-order valence-electron chi connectivity index (χ1n) is 8.57. The average molecular weight is 341 g/mol. The van der Waals surface area contributed by atoms with Crippen molar-refractivity contribution in [1.29, 1.82) is 0 Å². The predicted octanol–water partition coefficient (Wildman–Crippen LogP) is 2.72. The molecule has 0 bridgehead atoms. The van der Waals surface area contributed by atoms with Gasteiger partial charge in [0.2, 0.25) is 5.95 Å². The number of nitrogens with one attached hydrogen (secondary N) is 1. The molecule has 7 heteroatoms. The van der Waals surface area contributed by atoms with Gasteiger partial charge in [-0.25, -0.2) is 9.07 Å². The van der Waals surface area contributed by atoms with Gasteiger partial charge in [-0.15, -0.1) is 0 Å². The molecule has 1 unspecified atom stereocenters. The van der Waals surface area contributed by atoms with Crippen molar-refractivity contribution >= 4 is 11.9 Å². The van der Waals surface area contributed by atoms with Crippen LogP contribution in [-0.2, 0) is 4.79 Å². The van der Waals surface area contributed by atoms with Crippen molar-refractivity contribution in [2.24, 2.45) is 0 Å². The first kappa shape index (κ1) is 15.8. The highest BCUT2D eigenvalue weighted by Gasteiger charge is 2.35. The van der Waals surface area contributed by atoms with Crippen molar-refractivity contribution < 1.29 is 9.18 Å². The third-order valence-corrected chi connectivity index (χ3v) is 4.83. The highest BCUT2D eigenvalue weighted by Crippen LogP contribution is 2.36. The average Bonchev–Trinajstić information content (AvgIpc) is 3.08. The van der Waals surface area contributed by atoms with Crippen LogP contribution in [0, 0.1) is 5.82 Å². The number of benzene rings is 1. The number of allylic oxidation sites excluding steroid dienone is 1. The van der Waals surface area contributed by atoms with Crippen molar-refractivity contribution in [3.63, 3.8) is 0 Å². The number of carbonyl (C=O) groups excluding carboxylic acids is 1. The summed E-state index contributed by atoms with van der Waals surface area (Å²) in [7, 11) is 0. The van der Waals surface area contributed by atoms with Gasteiger partial charge in [-0.05, 0) is 43.9 Å². The molecule has 1 atom stereocenters. The molecule has 0 saturated carbocycles. The van der Waals surface area contributed by atoms with E-state index in [9.17, 15) is 9.18 Å². The lowest BCUT2D eigenvalue weighted by Crippen LogP contribution is -2.41. The summed E-state index contributed by atoms with van der Waals surface area (Å²) in [4.78, 5) is 19.3. The Kier molecular flexibility index (Phi) is 3.99. The SMILES string of the molecule is CC1=C(C(=O)N2CCCCC2)C(c2cccc(F)c2)n2ncnc2N1. The smallest absolute Gasteiger partial charge is 0.254 e. The van der Waals surface area contributed by atoms with E-state index >= 15 is 0 Å². The van der Waals surface area contributed by atoms with E-state index in [2.05, 4.69) is 15.4 Å². The van der Waals surface area contributed by atoms with Crippen molar-refractivity contribution in [2.75, 3.05) is 18.4 Å². The van der Waals surface area contributed by atoms with E-state index in [4.69, 9.17) is 0 Å². The fraction of sp³-hybridized carbons (Fsp3) is 0.389. The van der Waals surface area contributed by atoms with Gasteiger partial charge in [0, 0.05) is 18.8 Å². The van der Waals surface area contributed by atoms with E-state index in [-0.39, 0.29) is 11.7 Å². The Bertz CT molecular complexity index is 837. The Morgan fingerprint density at radius 1 is 1.28 bits per heavy atom. The molecule has 2 aliphatic rings. The maximum Gasteiger partial charge on any atom is 0.254 e. The molecule has 1 N–H and O–H groups in total. The Hall–Kier alpha value is -2.70. The maximum absolute atomic E-state index is 13.8. The van der Waals surface area contributed by atoms with E-state index in [1.54, 1.807) is 10.7 Å². The molecule has 2 aromatic rings. The largest absolute Gasteiger partial charge is 0.339 e. The number of rotatable bonds is 2. The summed E-state index contributed by atoms with van der Waals surface area (Å²) in [5, 5.41) is 7.42. The van der Waals surface area contributed by atoms with Crippen LogP contribution in [0.15, 0.2) is 41.9 Å². The van der Waals surface area contributed by atoms with Crippen molar-refractivity contribution in [3.8, 4) is 0 Å². The summed E-state index contributed by atoms with van der Waals surface area (Å²) in [5.74, 6) is 0.210. The highest BCUT2D eigenvalue weighted by atomic mass is 19.1. The van der Waals surface area contributed by atoms with E-state index in [1.165, 1.54) is 18.5 Å². The fourth-order valence-electron chi connectivity index (χ4n) is 3.62. The number of nitrogens with zero attached hydrogens (tertiary/aromatic N) is 4. The minimum absolute atomic E-state index is 0.0138. The topological polar surface area (TPSA) is 63.1 Å². The molecule has 0 radical (unpaired) electrons. The molecule has 0 spiro atoms. The number of carbonyl (C=O) groups is 1. The van der Waals surface area contributed by atoms with Crippen LogP contribution in [0.1, 0.15) is 37.8 Å². The molecule has 1 amide bonds. The number of hydrogen-bond acceptors (Lipinski definition) is 4.